The van der Waals surface area contributed by atoms with Gasteiger partial charge in [-0.3, -0.25) is 0 Å². The molecule has 0 N–H and O–H groups in total. The van der Waals surface area contributed by atoms with Crippen molar-refractivity contribution in [2.75, 3.05) is 0 Å². The SMILES string of the molecule is C[Si](C)C.C[Si](C)C.C[Si](C)C.[SbH3]. The van der Waals surface area contributed by atoms with Crippen LogP contribution in [0.4, 0.5) is 0 Å². The number of rotatable bonds is 0. The van der Waals surface area contributed by atoms with Crippen LogP contribution >= 0.6 is 0 Å². The van der Waals surface area contributed by atoms with Gasteiger partial charge in [0.25, 0.3) is 0 Å². The summed E-state index contributed by atoms with van der Waals surface area (Å²) in [5.74, 6) is 0. The molecule has 0 atom stereocenters. The monoisotopic (exact) mass is 343 g/mol. The summed E-state index contributed by atoms with van der Waals surface area (Å²) in [5, 5.41) is 0. The molecule has 0 rings (SSSR count). The maximum absolute atomic E-state index is 2.27. The molecule has 0 spiro atoms. The average Bonchev–Trinajstić information content (AvgIpc) is 1.54. The molecule has 0 fully saturated rings. The normalized spacial score (nSPS) is 8.31. The minimum absolute atomic E-state index is 0. The Hall–Kier alpha value is 1.47. The fourth-order valence-corrected chi connectivity index (χ4v) is 0. The van der Waals surface area contributed by atoms with E-state index in [1.54, 1.807) is 0 Å². The molecular formula is C9H30SbSi3. The number of hydrogen-bond acceptors (Lipinski definition) is 0. The van der Waals surface area contributed by atoms with Crippen LogP contribution in [0, 0.1) is 0 Å². The van der Waals surface area contributed by atoms with E-state index >= 15 is 0 Å². The van der Waals surface area contributed by atoms with Crippen molar-refractivity contribution in [3.63, 3.8) is 0 Å². The number of hydrogen-bond donors (Lipinski definition) is 0. The van der Waals surface area contributed by atoms with Crippen molar-refractivity contribution in [2.45, 2.75) is 58.9 Å². The topological polar surface area (TPSA) is 0 Å². The third-order valence-electron chi connectivity index (χ3n) is 0. The third-order valence-corrected chi connectivity index (χ3v) is 0. The Labute approximate surface area is 109 Å². The van der Waals surface area contributed by atoms with Crippen LogP contribution in [-0.2, 0) is 0 Å². The maximum atomic E-state index is 2.27. The van der Waals surface area contributed by atoms with Crippen LogP contribution in [-0.4, -0.2) is 50.8 Å². The van der Waals surface area contributed by atoms with Crippen LogP contribution in [0.3, 0.4) is 0 Å². The van der Waals surface area contributed by atoms with Gasteiger partial charge in [0, 0.05) is 26.4 Å². The first-order valence-corrected chi connectivity index (χ1v) is 13.5. The molecule has 0 nitrogen and oxygen atoms in total. The van der Waals surface area contributed by atoms with E-state index in [0.29, 0.717) is 0 Å². The van der Waals surface area contributed by atoms with Crippen molar-refractivity contribution in [3.05, 3.63) is 0 Å². The van der Waals surface area contributed by atoms with E-state index < -0.39 is 0 Å². The van der Waals surface area contributed by atoms with Gasteiger partial charge in [0.1, 0.15) is 0 Å². The zero-order chi connectivity index (χ0) is 10.7. The molecule has 83 valence electrons. The summed E-state index contributed by atoms with van der Waals surface area (Å²) < 4.78 is 0. The molecule has 0 aliphatic rings. The van der Waals surface area contributed by atoms with Crippen molar-refractivity contribution in [1.29, 1.82) is 0 Å². The van der Waals surface area contributed by atoms with Crippen molar-refractivity contribution in [1.82, 2.24) is 0 Å². The summed E-state index contributed by atoms with van der Waals surface area (Å²) in [4.78, 5) is 0. The van der Waals surface area contributed by atoms with Gasteiger partial charge in [-0.1, -0.05) is 58.9 Å². The Balaban J connectivity index is -0.0000000450. The summed E-state index contributed by atoms with van der Waals surface area (Å²) in [6.07, 6.45) is 0. The molecule has 0 unspecified atom stereocenters. The summed E-state index contributed by atoms with van der Waals surface area (Å²) in [5.41, 5.74) is 0. The van der Waals surface area contributed by atoms with Gasteiger partial charge in [-0.05, 0) is 0 Å². The molecule has 0 aliphatic carbocycles. The minimum atomic E-state index is 0. The van der Waals surface area contributed by atoms with Crippen LogP contribution < -0.4 is 0 Å². The van der Waals surface area contributed by atoms with Gasteiger partial charge in [-0.25, -0.2) is 0 Å². The summed E-state index contributed by atoms with van der Waals surface area (Å²) >= 11 is 0. The second-order valence-corrected chi connectivity index (χ2v) is 13.5. The second-order valence-electron chi connectivity index (χ2n) is 4.50. The molecule has 0 aromatic rings. The van der Waals surface area contributed by atoms with E-state index in [-0.39, 0.29) is 50.8 Å². The van der Waals surface area contributed by atoms with Gasteiger partial charge >= 0.3 is 24.4 Å². The zero-order valence-corrected chi connectivity index (χ0v) is 18.2. The first-order valence-electron chi connectivity index (χ1n) is 4.50. The van der Waals surface area contributed by atoms with Crippen molar-refractivity contribution >= 4 is 50.8 Å². The van der Waals surface area contributed by atoms with E-state index in [2.05, 4.69) is 58.9 Å². The Morgan fingerprint density at radius 1 is 0.385 bits per heavy atom. The fraction of sp³-hybridized carbons (Fsp3) is 1.00. The predicted octanol–water partition coefficient (Wildman–Crippen LogP) is 2.93. The molecule has 13 heavy (non-hydrogen) atoms. The van der Waals surface area contributed by atoms with E-state index in [9.17, 15) is 0 Å². The molecule has 0 bridgehead atoms. The van der Waals surface area contributed by atoms with Crippen LogP contribution in [0.15, 0.2) is 0 Å². The van der Waals surface area contributed by atoms with Gasteiger partial charge in [0.15, 0.2) is 0 Å². The van der Waals surface area contributed by atoms with E-state index in [1.807, 2.05) is 0 Å². The summed E-state index contributed by atoms with van der Waals surface area (Å²) in [6.45, 7) is 20.4. The average molecular weight is 344 g/mol. The van der Waals surface area contributed by atoms with Gasteiger partial charge in [-0.2, -0.15) is 0 Å². The Bertz CT molecular complexity index is 43.4. The van der Waals surface area contributed by atoms with Crippen molar-refractivity contribution in [3.8, 4) is 0 Å². The standard InChI is InChI=1S/3C3H9Si.Sb.3H/c3*1-4(2)3;;;;/h3*1-3H3;;;;. The molecule has 0 aliphatic heterocycles. The van der Waals surface area contributed by atoms with E-state index in [1.165, 1.54) is 0 Å². The molecule has 0 aromatic heterocycles. The third kappa shape index (κ3) is 821. The van der Waals surface area contributed by atoms with E-state index in [0.717, 1.165) is 0 Å². The molecule has 0 heterocycles. The molecular weight excluding hydrogens is 314 g/mol. The summed E-state index contributed by atoms with van der Waals surface area (Å²) in [7, 11) is 0.361. The van der Waals surface area contributed by atoms with Gasteiger partial charge < -0.3 is 0 Å². The second kappa shape index (κ2) is 19.1. The molecule has 0 aromatic carbocycles. The van der Waals surface area contributed by atoms with Gasteiger partial charge in [0.2, 0.25) is 0 Å². The first-order chi connectivity index (χ1) is 5.20. The van der Waals surface area contributed by atoms with Gasteiger partial charge in [-0.15, -0.1) is 0 Å². The van der Waals surface area contributed by atoms with Crippen molar-refractivity contribution < 1.29 is 0 Å². The molecule has 0 amide bonds. The van der Waals surface area contributed by atoms with Crippen LogP contribution in [0.25, 0.3) is 0 Å². The quantitative estimate of drug-likeness (QED) is 0.593. The van der Waals surface area contributed by atoms with E-state index in [4.69, 9.17) is 0 Å². The van der Waals surface area contributed by atoms with Crippen molar-refractivity contribution in [2.24, 2.45) is 0 Å². The fourth-order valence-electron chi connectivity index (χ4n) is 0. The van der Waals surface area contributed by atoms with Gasteiger partial charge in [0.05, 0.1) is 0 Å². The van der Waals surface area contributed by atoms with Crippen LogP contribution in [0.2, 0.25) is 58.9 Å². The molecule has 3 radical (unpaired) electrons. The molecule has 0 saturated carbocycles. The molecule has 4 heteroatoms. The van der Waals surface area contributed by atoms with Crippen LogP contribution in [0.1, 0.15) is 0 Å². The first kappa shape index (κ1) is 23.9. The Kier molecular flexibility index (Phi) is 35.2. The Morgan fingerprint density at radius 2 is 0.385 bits per heavy atom. The Morgan fingerprint density at radius 3 is 0.385 bits per heavy atom. The molecule has 0 saturated heterocycles. The zero-order valence-electron chi connectivity index (χ0n) is 11.2. The summed E-state index contributed by atoms with van der Waals surface area (Å²) in [6, 6.07) is 0. The predicted molar refractivity (Wildman–Crippen MR) is 80.0 cm³/mol. The van der Waals surface area contributed by atoms with Crippen LogP contribution in [0.5, 0.6) is 0 Å².